The summed E-state index contributed by atoms with van der Waals surface area (Å²) in [6, 6.07) is 14.5. The lowest BCUT2D eigenvalue weighted by Gasteiger charge is -2.07. The summed E-state index contributed by atoms with van der Waals surface area (Å²) in [6.07, 6.45) is 0. The number of rotatable bonds is 5. The van der Waals surface area contributed by atoms with E-state index in [1.165, 1.54) is 0 Å². The van der Waals surface area contributed by atoms with Crippen LogP contribution in [0.25, 0.3) is 0 Å². The van der Waals surface area contributed by atoms with Crippen molar-refractivity contribution in [2.24, 2.45) is 0 Å². The van der Waals surface area contributed by atoms with Gasteiger partial charge >= 0.3 is 0 Å². The Morgan fingerprint density at radius 1 is 1.17 bits per heavy atom. The molecule has 2 aromatic carbocycles. The van der Waals surface area contributed by atoms with Crippen LogP contribution in [-0.2, 0) is 6.61 Å². The fourth-order valence-electron chi connectivity index (χ4n) is 2.05. The third-order valence-corrected chi connectivity index (χ3v) is 4.72. The van der Waals surface area contributed by atoms with E-state index in [0.717, 1.165) is 20.9 Å². The number of hydrogen-bond acceptors (Lipinski definition) is 4. The van der Waals surface area contributed by atoms with Gasteiger partial charge in [0.15, 0.2) is 0 Å². The average molecular weight is 403 g/mol. The predicted octanol–water partition coefficient (Wildman–Crippen LogP) is 5.05. The number of hydrogen-bond donors (Lipinski definition) is 1. The van der Waals surface area contributed by atoms with Crippen LogP contribution in [-0.4, -0.2) is 10.9 Å². The number of aryl methyl sites for hydroxylation is 1. The molecule has 0 aliphatic heterocycles. The number of nitrogens with zero attached hydrogens (tertiary/aromatic N) is 1. The Kier molecular flexibility index (Phi) is 5.27. The first-order valence-corrected chi connectivity index (χ1v) is 8.98. The standard InChI is InChI=1S/C18H15BrN2O2S/c1-12-11-24-17(20-12)10-23-16-8-2-13(3-9-16)18(22)21-15-6-4-14(19)5-7-15/h2-9,11H,10H2,1H3,(H,21,22). The van der Waals surface area contributed by atoms with Gasteiger partial charge in [-0.25, -0.2) is 4.98 Å². The molecule has 0 unspecified atom stereocenters. The zero-order valence-electron chi connectivity index (χ0n) is 13.0. The van der Waals surface area contributed by atoms with Gasteiger partial charge in [-0.3, -0.25) is 4.79 Å². The molecule has 0 bridgehead atoms. The highest BCUT2D eigenvalue weighted by atomic mass is 79.9. The minimum Gasteiger partial charge on any atom is -0.486 e. The van der Waals surface area contributed by atoms with Gasteiger partial charge in [-0.15, -0.1) is 11.3 Å². The molecule has 24 heavy (non-hydrogen) atoms. The lowest BCUT2D eigenvalue weighted by atomic mass is 10.2. The van der Waals surface area contributed by atoms with Gasteiger partial charge < -0.3 is 10.1 Å². The van der Waals surface area contributed by atoms with Crippen molar-refractivity contribution in [3.8, 4) is 5.75 Å². The van der Waals surface area contributed by atoms with Crippen LogP contribution in [0.15, 0.2) is 58.4 Å². The minimum atomic E-state index is -0.153. The summed E-state index contributed by atoms with van der Waals surface area (Å²) in [5.41, 5.74) is 2.33. The Morgan fingerprint density at radius 2 is 1.88 bits per heavy atom. The molecule has 3 aromatic rings. The highest BCUT2D eigenvalue weighted by Crippen LogP contribution is 2.18. The summed E-state index contributed by atoms with van der Waals surface area (Å²) in [4.78, 5) is 16.6. The Morgan fingerprint density at radius 3 is 2.50 bits per heavy atom. The zero-order valence-corrected chi connectivity index (χ0v) is 15.4. The molecule has 0 saturated heterocycles. The summed E-state index contributed by atoms with van der Waals surface area (Å²) in [6.45, 7) is 2.39. The molecule has 122 valence electrons. The second-order valence-corrected chi connectivity index (χ2v) is 7.02. The average Bonchev–Trinajstić information content (AvgIpc) is 3.01. The van der Waals surface area contributed by atoms with Crippen molar-refractivity contribution < 1.29 is 9.53 Å². The third kappa shape index (κ3) is 4.43. The number of thiazole rings is 1. The molecule has 1 heterocycles. The normalized spacial score (nSPS) is 10.4. The number of aromatic nitrogens is 1. The number of carbonyl (C=O) groups excluding carboxylic acids is 1. The van der Waals surface area contributed by atoms with E-state index in [4.69, 9.17) is 4.74 Å². The molecule has 1 amide bonds. The van der Waals surface area contributed by atoms with E-state index >= 15 is 0 Å². The van der Waals surface area contributed by atoms with Gasteiger partial charge in [-0.05, 0) is 55.5 Å². The van der Waals surface area contributed by atoms with E-state index in [0.29, 0.717) is 17.9 Å². The maximum absolute atomic E-state index is 12.2. The van der Waals surface area contributed by atoms with Crippen molar-refractivity contribution in [3.05, 3.63) is 74.6 Å². The molecule has 0 fully saturated rings. The van der Waals surface area contributed by atoms with E-state index in [1.54, 1.807) is 35.6 Å². The highest BCUT2D eigenvalue weighted by Gasteiger charge is 2.07. The van der Waals surface area contributed by atoms with Crippen molar-refractivity contribution in [3.63, 3.8) is 0 Å². The van der Waals surface area contributed by atoms with Gasteiger partial charge in [-0.2, -0.15) is 0 Å². The van der Waals surface area contributed by atoms with Crippen LogP contribution in [0.4, 0.5) is 5.69 Å². The van der Waals surface area contributed by atoms with Crippen molar-refractivity contribution in [2.45, 2.75) is 13.5 Å². The lowest BCUT2D eigenvalue weighted by Crippen LogP contribution is -2.11. The van der Waals surface area contributed by atoms with Crippen molar-refractivity contribution in [1.29, 1.82) is 0 Å². The smallest absolute Gasteiger partial charge is 0.255 e. The van der Waals surface area contributed by atoms with Gasteiger partial charge in [0.25, 0.3) is 5.91 Å². The van der Waals surface area contributed by atoms with Crippen molar-refractivity contribution >= 4 is 38.9 Å². The van der Waals surface area contributed by atoms with Crippen LogP contribution in [0.1, 0.15) is 21.1 Å². The monoisotopic (exact) mass is 402 g/mol. The second kappa shape index (κ2) is 7.59. The summed E-state index contributed by atoms with van der Waals surface area (Å²) in [5, 5.41) is 5.79. The Labute approximate surface area is 152 Å². The Bertz CT molecular complexity index is 829. The molecule has 0 atom stereocenters. The number of anilines is 1. The largest absolute Gasteiger partial charge is 0.486 e. The van der Waals surface area contributed by atoms with Crippen LogP contribution in [0.3, 0.4) is 0 Å². The first-order chi connectivity index (χ1) is 11.6. The zero-order chi connectivity index (χ0) is 16.9. The molecular weight excluding hydrogens is 388 g/mol. The molecule has 0 aliphatic carbocycles. The molecular formula is C18H15BrN2O2S. The molecule has 0 saturated carbocycles. The van der Waals surface area contributed by atoms with Crippen LogP contribution < -0.4 is 10.1 Å². The SMILES string of the molecule is Cc1csc(COc2ccc(C(=O)Nc3ccc(Br)cc3)cc2)n1. The van der Waals surface area contributed by atoms with E-state index in [-0.39, 0.29) is 5.91 Å². The molecule has 6 heteroatoms. The van der Waals surface area contributed by atoms with Gasteiger partial charge in [-0.1, -0.05) is 15.9 Å². The number of carbonyl (C=O) groups is 1. The van der Waals surface area contributed by atoms with E-state index in [1.807, 2.05) is 36.6 Å². The molecule has 0 radical (unpaired) electrons. The molecule has 0 aliphatic rings. The summed E-state index contributed by atoms with van der Waals surface area (Å²) >= 11 is 4.94. The molecule has 4 nitrogen and oxygen atoms in total. The Hall–Kier alpha value is -2.18. The first-order valence-electron chi connectivity index (χ1n) is 7.31. The number of halogens is 1. The van der Waals surface area contributed by atoms with Crippen LogP contribution in [0.2, 0.25) is 0 Å². The van der Waals surface area contributed by atoms with Crippen LogP contribution in [0.5, 0.6) is 5.75 Å². The van der Waals surface area contributed by atoms with Crippen molar-refractivity contribution in [1.82, 2.24) is 4.98 Å². The minimum absolute atomic E-state index is 0.153. The predicted molar refractivity (Wildman–Crippen MR) is 99.7 cm³/mol. The summed E-state index contributed by atoms with van der Waals surface area (Å²) in [5.74, 6) is 0.558. The molecule has 1 aromatic heterocycles. The molecule has 0 spiro atoms. The fourth-order valence-corrected chi connectivity index (χ4v) is 3.00. The number of benzene rings is 2. The molecule has 1 N–H and O–H groups in total. The maximum atomic E-state index is 12.2. The second-order valence-electron chi connectivity index (χ2n) is 5.16. The Balaban J connectivity index is 1.59. The number of amides is 1. The van der Waals surface area contributed by atoms with E-state index in [2.05, 4.69) is 26.2 Å². The quantitative estimate of drug-likeness (QED) is 0.649. The number of ether oxygens (including phenoxy) is 1. The number of nitrogens with one attached hydrogen (secondary N) is 1. The maximum Gasteiger partial charge on any atom is 0.255 e. The highest BCUT2D eigenvalue weighted by molar-refractivity contribution is 9.10. The first kappa shape index (κ1) is 16.7. The van der Waals surface area contributed by atoms with E-state index in [9.17, 15) is 4.79 Å². The topological polar surface area (TPSA) is 51.2 Å². The van der Waals surface area contributed by atoms with Crippen LogP contribution >= 0.6 is 27.3 Å². The van der Waals surface area contributed by atoms with Crippen molar-refractivity contribution in [2.75, 3.05) is 5.32 Å². The third-order valence-electron chi connectivity index (χ3n) is 3.25. The summed E-state index contributed by atoms with van der Waals surface area (Å²) < 4.78 is 6.65. The van der Waals surface area contributed by atoms with Crippen LogP contribution in [0, 0.1) is 6.92 Å². The van der Waals surface area contributed by atoms with Gasteiger partial charge in [0.2, 0.25) is 0 Å². The van der Waals surface area contributed by atoms with Gasteiger partial charge in [0.1, 0.15) is 17.4 Å². The lowest BCUT2D eigenvalue weighted by molar-refractivity contribution is 0.102. The fraction of sp³-hybridized carbons (Fsp3) is 0.111. The summed E-state index contributed by atoms with van der Waals surface area (Å²) in [7, 11) is 0. The van der Waals surface area contributed by atoms with Gasteiger partial charge in [0, 0.05) is 26.8 Å². The molecule has 3 rings (SSSR count). The van der Waals surface area contributed by atoms with Gasteiger partial charge in [0.05, 0.1) is 0 Å². The van der Waals surface area contributed by atoms with E-state index < -0.39 is 0 Å².